The van der Waals surface area contributed by atoms with Crippen molar-refractivity contribution in [3.63, 3.8) is 0 Å². The number of carboxylic acid groups (broad SMARTS) is 1. The molecule has 3 aromatic carbocycles. The zero-order chi connectivity index (χ0) is 24.3. The maximum absolute atomic E-state index is 12.5. The molecule has 1 atom stereocenters. The zero-order valence-electron chi connectivity index (χ0n) is 18.1. The van der Waals surface area contributed by atoms with Crippen LogP contribution >= 0.6 is 7.60 Å². The standard InChI is InChI=1S/C25H24NO7P/c27-24(28)23(13-16-9-11-17(12-10-16)15-34(30,31)32)26-25(29)33-14-22-20-7-3-1-5-18(20)19-6-2-4-8-21(19)22/h1-12,22-23H,13-15H2,(H,26,29)(H,27,28)(H2,30,31,32). The summed E-state index contributed by atoms with van der Waals surface area (Å²) >= 11 is 0. The van der Waals surface area contributed by atoms with Crippen LogP contribution in [0.3, 0.4) is 0 Å². The van der Waals surface area contributed by atoms with E-state index in [-0.39, 0.29) is 18.9 Å². The number of amides is 1. The molecule has 3 aromatic rings. The van der Waals surface area contributed by atoms with Gasteiger partial charge >= 0.3 is 19.7 Å². The predicted molar refractivity (Wildman–Crippen MR) is 126 cm³/mol. The Morgan fingerprint density at radius 1 is 0.882 bits per heavy atom. The number of carbonyl (C=O) groups is 2. The smallest absolute Gasteiger partial charge is 0.407 e. The van der Waals surface area contributed by atoms with Crippen LogP contribution in [-0.2, 0) is 26.7 Å². The minimum Gasteiger partial charge on any atom is -0.480 e. The van der Waals surface area contributed by atoms with Crippen LogP contribution in [0.4, 0.5) is 4.79 Å². The van der Waals surface area contributed by atoms with E-state index >= 15 is 0 Å². The Morgan fingerprint density at radius 3 is 1.94 bits per heavy atom. The van der Waals surface area contributed by atoms with Crippen molar-refractivity contribution in [3.05, 3.63) is 95.1 Å². The summed E-state index contributed by atoms with van der Waals surface area (Å²) in [6.45, 7) is 0.0727. The van der Waals surface area contributed by atoms with Crippen molar-refractivity contribution in [2.45, 2.75) is 24.5 Å². The first kappa shape index (κ1) is 23.7. The molecule has 176 valence electrons. The largest absolute Gasteiger partial charge is 0.480 e. The van der Waals surface area contributed by atoms with Gasteiger partial charge in [-0.1, -0.05) is 72.8 Å². The highest BCUT2D eigenvalue weighted by atomic mass is 31.2. The number of carboxylic acids is 1. The molecule has 0 aliphatic heterocycles. The molecular formula is C25H24NO7P. The molecule has 0 aromatic heterocycles. The van der Waals surface area contributed by atoms with Gasteiger partial charge in [-0.25, -0.2) is 9.59 Å². The number of alkyl carbamates (subject to hydrolysis) is 1. The van der Waals surface area contributed by atoms with E-state index in [1.54, 1.807) is 12.1 Å². The van der Waals surface area contributed by atoms with Crippen LogP contribution in [0.1, 0.15) is 28.2 Å². The van der Waals surface area contributed by atoms with Crippen molar-refractivity contribution in [3.8, 4) is 11.1 Å². The third-order valence-corrected chi connectivity index (χ3v) is 6.56. The van der Waals surface area contributed by atoms with E-state index in [4.69, 9.17) is 14.5 Å². The third-order valence-electron chi connectivity index (χ3n) is 5.79. The minimum absolute atomic E-state index is 0.00425. The van der Waals surface area contributed by atoms with Crippen molar-refractivity contribution in [2.24, 2.45) is 0 Å². The van der Waals surface area contributed by atoms with Crippen molar-refractivity contribution in [1.82, 2.24) is 5.32 Å². The zero-order valence-corrected chi connectivity index (χ0v) is 19.0. The number of fused-ring (bicyclic) bond motifs is 3. The average Bonchev–Trinajstić information content (AvgIpc) is 3.11. The summed E-state index contributed by atoms with van der Waals surface area (Å²) in [4.78, 5) is 42.3. The number of benzene rings is 3. The Bertz CT molecular complexity index is 1210. The first-order valence-electron chi connectivity index (χ1n) is 10.7. The highest BCUT2D eigenvalue weighted by molar-refractivity contribution is 7.50. The molecule has 0 fully saturated rings. The van der Waals surface area contributed by atoms with Gasteiger partial charge in [0.15, 0.2) is 0 Å². The summed E-state index contributed by atoms with van der Waals surface area (Å²) in [6, 6.07) is 20.8. The highest BCUT2D eigenvalue weighted by Gasteiger charge is 2.29. The van der Waals surface area contributed by atoms with Gasteiger partial charge < -0.3 is 24.9 Å². The molecule has 0 heterocycles. The van der Waals surface area contributed by atoms with Gasteiger partial charge in [0, 0.05) is 12.3 Å². The molecule has 0 radical (unpaired) electrons. The van der Waals surface area contributed by atoms with Gasteiger partial charge in [-0.15, -0.1) is 0 Å². The number of aliphatic carboxylic acids is 1. The summed E-state index contributed by atoms with van der Waals surface area (Å²) in [5, 5.41) is 12.0. The van der Waals surface area contributed by atoms with Gasteiger partial charge in [0.1, 0.15) is 12.6 Å². The lowest BCUT2D eigenvalue weighted by molar-refractivity contribution is -0.139. The number of hydrogen-bond donors (Lipinski definition) is 4. The lowest BCUT2D eigenvalue weighted by Crippen LogP contribution is -2.42. The van der Waals surface area contributed by atoms with Gasteiger partial charge in [0.05, 0.1) is 6.16 Å². The Kier molecular flexibility index (Phi) is 6.84. The van der Waals surface area contributed by atoms with E-state index in [0.29, 0.717) is 11.1 Å². The number of carbonyl (C=O) groups excluding carboxylic acids is 1. The molecule has 1 amide bonds. The van der Waals surface area contributed by atoms with Crippen molar-refractivity contribution in [1.29, 1.82) is 0 Å². The van der Waals surface area contributed by atoms with Crippen LogP contribution in [-0.4, -0.2) is 39.6 Å². The van der Waals surface area contributed by atoms with E-state index in [1.165, 1.54) is 12.1 Å². The topological polar surface area (TPSA) is 133 Å². The van der Waals surface area contributed by atoms with Crippen LogP contribution in [0.25, 0.3) is 11.1 Å². The van der Waals surface area contributed by atoms with Crippen LogP contribution in [0.2, 0.25) is 0 Å². The molecule has 8 nitrogen and oxygen atoms in total. The average molecular weight is 481 g/mol. The molecule has 1 aliphatic rings. The van der Waals surface area contributed by atoms with Crippen LogP contribution < -0.4 is 5.32 Å². The molecule has 0 bridgehead atoms. The molecular weight excluding hydrogens is 457 g/mol. The molecule has 9 heteroatoms. The number of ether oxygens (including phenoxy) is 1. The fourth-order valence-corrected chi connectivity index (χ4v) is 4.92. The quantitative estimate of drug-likeness (QED) is 0.359. The summed E-state index contributed by atoms with van der Waals surface area (Å²) in [5.41, 5.74) is 5.34. The van der Waals surface area contributed by atoms with E-state index in [2.05, 4.69) is 5.32 Å². The summed E-state index contributed by atoms with van der Waals surface area (Å²) in [5.74, 6) is -1.35. The Balaban J connectivity index is 1.39. The second-order valence-corrected chi connectivity index (χ2v) is 9.85. The summed E-state index contributed by atoms with van der Waals surface area (Å²) in [6.07, 6.45) is -1.23. The molecule has 4 rings (SSSR count). The monoisotopic (exact) mass is 481 g/mol. The molecule has 0 saturated carbocycles. The SMILES string of the molecule is O=C(NC(Cc1ccc(CP(=O)(O)O)cc1)C(=O)O)OCC1c2ccccc2-c2ccccc21. The van der Waals surface area contributed by atoms with E-state index in [1.807, 2.05) is 48.5 Å². The first-order valence-corrected chi connectivity index (χ1v) is 12.5. The van der Waals surface area contributed by atoms with Crippen LogP contribution in [0.5, 0.6) is 0 Å². The second kappa shape index (κ2) is 9.81. The molecule has 34 heavy (non-hydrogen) atoms. The maximum Gasteiger partial charge on any atom is 0.407 e. The normalized spacial score (nSPS) is 13.6. The number of hydrogen-bond acceptors (Lipinski definition) is 4. The number of rotatable bonds is 8. The minimum atomic E-state index is -4.19. The summed E-state index contributed by atoms with van der Waals surface area (Å²) in [7, 11) is -4.19. The highest BCUT2D eigenvalue weighted by Crippen LogP contribution is 2.44. The van der Waals surface area contributed by atoms with Crippen molar-refractivity contribution in [2.75, 3.05) is 6.61 Å². The fourth-order valence-electron chi connectivity index (χ4n) is 4.24. The molecule has 0 saturated heterocycles. The molecule has 1 unspecified atom stereocenters. The second-order valence-electron chi connectivity index (χ2n) is 8.20. The molecule has 4 N–H and O–H groups in total. The lowest BCUT2D eigenvalue weighted by atomic mass is 9.98. The number of nitrogens with one attached hydrogen (secondary N) is 1. The Morgan fingerprint density at radius 2 is 1.41 bits per heavy atom. The van der Waals surface area contributed by atoms with Gasteiger partial charge in [-0.3, -0.25) is 4.57 Å². The summed E-state index contributed by atoms with van der Waals surface area (Å²) < 4.78 is 16.6. The van der Waals surface area contributed by atoms with Crippen molar-refractivity contribution >= 4 is 19.7 Å². The van der Waals surface area contributed by atoms with Crippen LogP contribution in [0.15, 0.2) is 72.8 Å². The first-order chi connectivity index (χ1) is 16.2. The van der Waals surface area contributed by atoms with Gasteiger partial charge in [-0.05, 0) is 33.4 Å². The van der Waals surface area contributed by atoms with Gasteiger partial charge in [0.2, 0.25) is 0 Å². The fraction of sp³-hybridized carbons (Fsp3) is 0.200. The Labute approximate surface area is 196 Å². The van der Waals surface area contributed by atoms with E-state index in [0.717, 1.165) is 22.3 Å². The Hall–Kier alpha value is -3.45. The van der Waals surface area contributed by atoms with Gasteiger partial charge in [-0.2, -0.15) is 0 Å². The lowest BCUT2D eigenvalue weighted by Gasteiger charge is -2.17. The van der Waals surface area contributed by atoms with Crippen LogP contribution in [0, 0.1) is 0 Å². The van der Waals surface area contributed by atoms with Crippen molar-refractivity contribution < 1.29 is 33.8 Å². The predicted octanol–water partition coefficient (Wildman–Crippen LogP) is 3.90. The molecule has 0 spiro atoms. The maximum atomic E-state index is 12.5. The van der Waals surface area contributed by atoms with E-state index < -0.39 is 31.9 Å². The third kappa shape index (κ3) is 5.54. The molecule has 1 aliphatic carbocycles. The van der Waals surface area contributed by atoms with Gasteiger partial charge in [0.25, 0.3) is 0 Å². The van der Waals surface area contributed by atoms with E-state index in [9.17, 15) is 19.3 Å².